The van der Waals surface area contributed by atoms with Gasteiger partial charge in [0.25, 0.3) is 5.91 Å². The lowest BCUT2D eigenvalue weighted by atomic mass is 10.1. The maximum Gasteiger partial charge on any atom is 0.420 e. The van der Waals surface area contributed by atoms with Crippen LogP contribution in [0.25, 0.3) is 10.6 Å². The number of aliphatic hydroxyl groups is 1. The van der Waals surface area contributed by atoms with Gasteiger partial charge < -0.3 is 25.0 Å². The molecular formula is C30H33F3N6O5S2. The average molecular weight is 679 g/mol. The van der Waals surface area contributed by atoms with Crippen molar-refractivity contribution in [3.8, 4) is 10.6 Å². The molecule has 1 atom stereocenters. The van der Waals surface area contributed by atoms with Crippen LogP contribution in [0.15, 0.2) is 35.4 Å². The van der Waals surface area contributed by atoms with Gasteiger partial charge in [-0.2, -0.15) is 13.2 Å². The molecular weight excluding hydrogens is 645 g/mol. The molecule has 16 heteroatoms. The van der Waals surface area contributed by atoms with E-state index in [4.69, 9.17) is 4.74 Å². The molecule has 7 rings (SSSR count). The zero-order valence-electron chi connectivity index (χ0n) is 25.0. The molecule has 1 aromatic carbocycles. The molecule has 1 saturated carbocycles. The Hall–Kier alpha value is -3.31. The molecule has 1 aliphatic carbocycles. The van der Waals surface area contributed by atoms with Crippen molar-refractivity contribution in [1.82, 2.24) is 19.8 Å². The topological polar surface area (TPSA) is 128 Å². The van der Waals surface area contributed by atoms with Crippen LogP contribution in [0.5, 0.6) is 0 Å². The Kier molecular flexibility index (Phi) is 7.99. The summed E-state index contributed by atoms with van der Waals surface area (Å²) < 4.78 is 74.2. The number of aromatic nitrogens is 2. The van der Waals surface area contributed by atoms with E-state index >= 15 is 0 Å². The van der Waals surface area contributed by atoms with E-state index in [0.29, 0.717) is 29.8 Å². The number of anilines is 3. The minimum absolute atomic E-state index is 0.0136. The maximum atomic E-state index is 14.2. The maximum absolute atomic E-state index is 14.2. The number of amides is 1. The zero-order valence-corrected chi connectivity index (χ0v) is 26.6. The number of thiophene rings is 1. The number of piperazine rings is 1. The molecule has 4 aliphatic rings. The number of benzene rings is 1. The van der Waals surface area contributed by atoms with Gasteiger partial charge in [0, 0.05) is 43.8 Å². The van der Waals surface area contributed by atoms with Crippen molar-refractivity contribution in [3.63, 3.8) is 0 Å². The summed E-state index contributed by atoms with van der Waals surface area (Å²) in [7, 11) is -1.95. The standard InChI is InChI=1S/C30H33F3N6O5S2/c1-37-6-7-38(13-19(37)14-40)18-4-5-23(21(10-18)17-2-3-17)35-29-34-12-22(30(31,32)33)26(36-29)24-11-25-27(45-24)28(41)39(20-15-44-16-20)8-9-46(25,42)43/h4-5,10-12,17,19-20,40H,2-3,6-9,13-16H2,1H3,(H,34,35,36)/t19-/m1/s1. The lowest BCUT2D eigenvalue weighted by molar-refractivity contribution is -0.137. The number of halogens is 3. The third kappa shape index (κ3) is 5.85. The van der Waals surface area contributed by atoms with Gasteiger partial charge in [0.15, 0.2) is 9.84 Å². The van der Waals surface area contributed by atoms with Crippen molar-refractivity contribution in [3.05, 3.63) is 46.5 Å². The van der Waals surface area contributed by atoms with Crippen LogP contribution in [-0.2, 0) is 20.8 Å². The number of alkyl halides is 3. The van der Waals surface area contributed by atoms with Crippen molar-refractivity contribution < 1.29 is 36.2 Å². The minimum atomic E-state index is -4.83. The fraction of sp³-hybridized carbons (Fsp3) is 0.500. The van der Waals surface area contributed by atoms with Gasteiger partial charge in [-0.05, 0) is 55.6 Å². The first-order valence-electron chi connectivity index (χ1n) is 15.1. The summed E-state index contributed by atoms with van der Waals surface area (Å²) in [6.07, 6.45) is -2.18. The van der Waals surface area contributed by atoms with Crippen molar-refractivity contribution in [2.24, 2.45) is 0 Å². The summed E-state index contributed by atoms with van der Waals surface area (Å²) >= 11 is 0.695. The van der Waals surface area contributed by atoms with Gasteiger partial charge in [0.05, 0.1) is 53.1 Å². The Morgan fingerprint density at radius 3 is 2.61 bits per heavy atom. The van der Waals surface area contributed by atoms with E-state index < -0.39 is 33.2 Å². The Balaban J connectivity index is 1.23. The Labute approximate surface area is 267 Å². The largest absolute Gasteiger partial charge is 0.420 e. The minimum Gasteiger partial charge on any atom is -0.395 e. The van der Waals surface area contributed by atoms with E-state index in [1.54, 1.807) is 0 Å². The van der Waals surface area contributed by atoms with Crippen LogP contribution in [0.3, 0.4) is 0 Å². The van der Waals surface area contributed by atoms with Crippen LogP contribution in [0, 0.1) is 0 Å². The van der Waals surface area contributed by atoms with Gasteiger partial charge in [0.2, 0.25) is 5.95 Å². The number of hydrogen-bond donors (Lipinski definition) is 2. The number of carbonyl (C=O) groups excluding carboxylic acids is 1. The highest BCUT2D eigenvalue weighted by atomic mass is 32.2. The molecule has 3 fully saturated rings. The highest BCUT2D eigenvalue weighted by Crippen LogP contribution is 2.46. The summed E-state index contributed by atoms with van der Waals surface area (Å²) in [5, 5.41) is 12.9. The number of fused-ring (bicyclic) bond motifs is 1. The van der Waals surface area contributed by atoms with E-state index in [0.717, 1.165) is 43.2 Å². The van der Waals surface area contributed by atoms with Crippen LogP contribution < -0.4 is 10.2 Å². The molecule has 2 saturated heterocycles. The zero-order chi connectivity index (χ0) is 32.4. The summed E-state index contributed by atoms with van der Waals surface area (Å²) in [5.74, 6) is -0.675. The third-order valence-corrected chi connectivity index (χ3v) is 12.1. The number of ether oxygens (including phenoxy) is 1. The van der Waals surface area contributed by atoms with Crippen molar-refractivity contribution in [1.29, 1.82) is 0 Å². The average Bonchev–Trinajstić information content (AvgIpc) is 3.75. The first-order chi connectivity index (χ1) is 21.9. The van der Waals surface area contributed by atoms with Crippen molar-refractivity contribution in [2.75, 3.05) is 69.0 Å². The number of nitrogens with one attached hydrogen (secondary N) is 1. The predicted molar refractivity (Wildman–Crippen MR) is 165 cm³/mol. The summed E-state index contributed by atoms with van der Waals surface area (Å²) in [6.45, 7) is 2.87. The molecule has 3 aliphatic heterocycles. The van der Waals surface area contributed by atoms with Gasteiger partial charge in [-0.25, -0.2) is 18.4 Å². The van der Waals surface area contributed by atoms with E-state index in [2.05, 4.69) is 31.2 Å². The van der Waals surface area contributed by atoms with E-state index in [9.17, 15) is 31.5 Å². The molecule has 2 N–H and O–H groups in total. The van der Waals surface area contributed by atoms with Gasteiger partial charge in [0.1, 0.15) is 10.4 Å². The first kappa shape index (κ1) is 31.3. The van der Waals surface area contributed by atoms with Crippen molar-refractivity contribution >= 4 is 44.4 Å². The number of carbonyl (C=O) groups is 1. The fourth-order valence-electron chi connectivity index (χ4n) is 6.11. The lowest BCUT2D eigenvalue weighted by Crippen LogP contribution is -2.53. The molecule has 3 aromatic rings. The Bertz CT molecular complexity index is 1780. The molecule has 2 aromatic heterocycles. The molecule has 246 valence electrons. The smallest absolute Gasteiger partial charge is 0.395 e. The van der Waals surface area contributed by atoms with E-state index in [1.807, 2.05) is 19.2 Å². The molecule has 5 heterocycles. The number of nitrogens with zero attached hydrogens (tertiary/aromatic N) is 5. The molecule has 0 unspecified atom stereocenters. The Morgan fingerprint density at radius 2 is 1.93 bits per heavy atom. The Morgan fingerprint density at radius 1 is 1.15 bits per heavy atom. The second kappa shape index (κ2) is 11.7. The van der Waals surface area contributed by atoms with Crippen LogP contribution in [0.4, 0.5) is 30.5 Å². The fourth-order valence-corrected chi connectivity index (χ4v) is 9.03. The van der Waals surface area contributed by atoms with Gasteiger partial charge in [-0.1, -0.05) is 0 Å². The summed E-state index contributed by atoms with van der Waals surface area (Å²) in [6, 6.07) is 6.76. The lowest BCUT2D eigenvalue weighted by Gasteiger charge is -2.40. The summed E-state index contributed by atoms with van der Waals surface area (Å²) in [4.78, 5) is 27.0. The van der Waals surface area contributed by atoms with Crippen LogP contribution in [-0.4, -0.2) is 110 Å². The molecule has 0 bridgehead atoms. The first-order valence-corrected chi connectivity index (χ1v) is 17.6. The number of sulfone groups is 1. The molecule has 11 nitrogen and oxygen atoms in total. The van der Waals surface area contributed by atoms with Gasteiger partial charge >= 0.3 is 6.18 Å². The second-order valence-electron chi connectivity index (χ2n) is 12.2. The number of hydrogen-bond acceptors (Lipinski definition) is 11. The number of likely N-dealkylation sites (N-methyl/N-ethyl adjacent to an activating group) is 1. The predicted octanol–water partition coefficient (Wildman–Crippen LogP) is 3.59. The molecule has 46 heavy (non-hydrogen) atoms. The number of rotatable bonds is 7. The van der Waals surface area contributed by atoms with Gasteiger partial charge in [-0.3, -0.25) is 9.69 Å². The van der Waals surface area contributed by atoms with Gasteiger partial charge in [-0.15, -0.1) is 11.3 Å². The summed E-state index contributed by atoms with van der Waals surface area (Å²) in [5.41, 5.74) is 1.04. The normalized spacial score (nSPS) is 22.4. The molecule has 0 spiro atoms. The third-order valence-electron chi connectivity index (χ3n) is 9.13. The van der Waals surface area contributed by atoms with Crippen LogP contribution in [0.1, 0.15) is 39.6 Å². The highest BCUT2D eigenvalue weighted by Gasteiger charge is 2.41. The highest BCUT2D eigenvalue weighted by molar-refractivity contribution is 7.91. The quantitative estimate of drug-likeness (QED) is 0.383. The monoisotopic (exact) mass is 678 g/mol. The van der Waals surface area contributed by atoms with E-state index in [1.165, 1.54) is 4.90 Å². The number of aliphatic hydroxyl groups excluding tert-OH is 1. The van der Waals surface area contributed by atoms with Crippen LogP contribution in [0.2, 0.25) is 0 Å². The van der Waals surface area contributed by atoms with E-state index in [-0.39, 0.29) is 70.7 Å². The molecule has 1 amide bonds. The molecule has 0 radical (unpaired) electrons. The second-order valence-corrected chi connectivity index (χ2v) is 15.3. The SMILES string of the molecule is CN1CCN(c2ccc(Nc3ncc(C(F)(F)F)c(-c4cc5c(s4)C(=O)N(C4COC4)CCS5(=O)=O)n3)c(C3CC3)c2)C[C@@H]1CO. The van der Waals surface area contributed by atoms with Crippen LogP contribution >= 0.6 is 11.3 Å². The van der Waals surface area contributed by atoms with Crippen molar-refractivity contribution in [2.45, 2.75) is 41.9 Å².